The number of carbonyl (C=O) groups excluding carboxylic acids is 1. The minimum absolute atomic E-state index is 0.131. The first kappa shape index (κ1) is 21.2. The zero-order valence-electron chi connectivity index (χ0n) is 15.1. The van der Waals surface area contributed by atoms with Crippen LogP contribution in [0.25, 0.3) is 0 Å². The molecule has 1 aromatic rings. The van der Waals surface area contributed by atoms with E-state index in [4.69, 9.17) is 14.6 Å². The predicted octanol–water partition coefficient (Wildman–Crippen LogP) is 2.31. The lowest BCUT2D eigenvalue weighted by atomic mass is 10.1. The van der Waals surface area contributed by atoms with Gasteiger partial charge in [0, 0.05) is 16.6 Å². The minimum Gasteiger partial charge on any atom is -0.493 e. The van der Waals surface area contributed by atoms with Crippen LogP contribution in [0.15, 0.2) is 16.6 Å². The number of hydrogen-bond donors (Lipinski definition) is 3. The van der Waals surface area contributed by atoms with Gasteiger partial charge in [-0.3, -0.25) is 9.59 Å². The van der Waals surface area contributed by atoms with Crippen LogP contribution < -0.4 is 20.1 Å². The molecule has 0 saturated carbocycles. The highest BCUT2D eigenvalue weighted by Gasteiger charge is 2.17. The molecule has 0 aliphatic heterocycles. The molecule has 0 bridgehead atoms. The first-order chi connectivity index (χ1) is 11.5. The number of carboxylic acids is 1. The summed E-state index contributed by atoms with van der Waals surface area (Å²) in [7, 11) is 1.50. The molecule has 0 aromatic heterocycles. The van der Waals surface area contributed by atoms with Gasteiger partial charge in [-0.05, 0) is 45.4 Å². The molecule has 0 saturated heterocycles. The first-order valence-electron chi connectivity index (χ1n) is 7.80. The number of methoxy groups -OCH3 is 1. The fourth-order valence-corrected chi connectivity index (χ4v) is 2.40. The summed E-state index contributed by atoms with van der Waals surface area (Å²) in [5.74, 6) is -0.264. The van der Waals surface area contributed by atoms with Crippen molar-refractivity contribution in [1.29, 1.82) is 0 Å². The Morgan fingerprint density at radius 2 is 1.92 bits per heavy atom. The number of aliphatic carboxylic acids is 1. The smallest absolute Gasteiger partial charge is 0.320 e. The van der Waals surface area contributed by atoms with Crippen LogP contribution in [0.4, 0.5) is 0 Å². The summed E-state index contributed by atoms with van der Waals surface area (Å²) in [6, 6.07) is 2.77. The van der Waals surface area contributed by atoms with Crippen molar-refractivity contribution in [2.45, 2.75) is 45.8 Å². The highest BCUT2D eigenvalue weighted by Crippen LogP contribution is 2.33. The van der Waals surface area contributed by atoms with Crippen molar-refractivity contribution < 1.29 is 24.2 Å². The normalized spacial score (nSPS) is 12.4. The lowest BCUT2D eigenvalue weighted by Crippen LogP contribution is -2.43. The summed E-state index contributed by atoms with van der Waals surface area (Å²) in [6.45, 7) is 7.45. The molecule has 0 aliphatic carbocycles. The number of carbonyl (C=O) groups is 2. The predicted molar refractivity (Wildman–Crippen MR) is 98.0 cm³/mol. The second kappa shape index (κ2) is 9.05. The number of carboxylic acid groups (broad SMARTS) is 1. The molecular formula is C17H25BrN2O5. The van der Waals surface area contributed by atoms with Gasteiger partial charge in [0.25, 0.3) is 5.91 Å². The fraction of sp³-hybridized carbons (Fsp3) is 0.529. The van der Waals surface area contributed by atoms with Crippen LogP contribution in [0.3, 0.4) is 0 Å². The Labute approximate surface area is 156 Å². The Bertz CT molecular complexity index is 628. The third-order valence-corrected chi connectivity index (χ3v) is 3.91. The van der Waals surface area contributed by atoms with Crippen LogP contribution in [0, 0.1) is 0 Å². The van der Waals surface area contributed by atoms with Gasteiger partial charge in [0.15, 0.2) is 18.1 Å². The highest BCUT2D eigenvalue weighted by atomic mass is 79.9. The zero-order valence-corrected chi connectivity index (χ0v) is 16.7. The van der Waals surface area contributed by atoms with E-state index in [1.165, 1.54) is 7.11 Å². The van der Waals surface area contributed by atoms with Crippen molar-refractivity contribution in [1.82, 2.24) is 10.6 Å². The number of amides is 1. The molecule has 1 atom stereocenters. The molecule has 0 spiro atoms. The van der Waals surface area contributed by atoms with Crippen LogP contribution in [0.1, 0.15) is 33.3 Å². The van der Waals surface area contributed by atoms with E-state index in [1.54, 1.807) is 19.1 Å². The standard InChI is InChI=1S/C17H25BrN2O5/c1-10(16(22)23)19-8-11-6-13(24-5)14(7-12(11)18)25-9-15(21)20-17(2,3)4/h6-7,10,19H,8-9H2,1-5H3,(H,20,21)(H,22,23). The Balaban J connectivity index is 2.80. The van der Waals surface area contributed by atoms with Gasteiger partial charge in [-0.1, -0.05) is 15.9 Å². The molecule has 0 aliphatic rings. The molecule has 1 amide bonds. The molecule has 0 heterocycles. The molecule has 8 heteroatoms. The third kappa shape index (κ3) is 7.31. The van der Waals surface area contributed by atoms with Gasteiger partial charge in [-0.15, -0.1) is 0 Å². The largest absolute Gasteiger partial charge is 0.493 e. The van der Waals surface area contributed by atoms with E-state index in [2.05, 4.69) is 26.6 Å². The topological polar surface area (TPSA) is 96.9 Å². The van der Waals surface area contributed by atoms with Crippen molar-refractivity contribution in [3.8, 4) is 11.5 Å². The molecule has 0 fully saturated rings. The van der Waals surface area contributed by atoms with Crippen molar-refractivity contribution in [3.05, 3.63) is 22.2 Å². The third-order valence-electron chi connectivity index (χ3n) is 3.17. The van der Waals surface area contributed by atoms with Gasteiger partial charge in [0.05, 0.1) is 7.11 Å². The molecule has 3 N–H and O–H groups in total. The Morgan fingerprint density at radius 1 is 1.28 bits per heavy atom. The summed E-state index contributed by atoms with van der Waals surface area (Å²) >= 11 is 3.43. The molecule has 1 rings (SSSR count). The quantitative estimate of drug-likeness (QED) is 0.601. The number of rotatable bonds is 8. The fourth-order valence-electron chi connectivity index (χ4n) is 1.93. The molecule has 1 unspecified atom stereocenters. The molecule has 1 aromatic carbocycles. The molecule has 0 radical (unpaired) electrons. The summed E-state index contributed by atoms with van der Waals surface area (Å²) in [6.07, 6.45) is 0. The van der Waals surface area contributed by atoms with Gasteiger partial charge < -0.3 is 25.2 Å². The molecule has 7 nitrogen and oxygen atoms in total. The maximum Gasteiger partial charge on any atom is 0.320 e. The average molecular weight is 417 g/mol. The second-order valence-corrected chi connectivity index (χ2v) is 7.48. The monoisotopic (exact) mass is 416 g/mol. The van der Waals surface area contributed by atoms with Crippen LogP contribution >= 0.6 is 15.9 Å². The van der Waals surface area contributed by atoms with Crippen molar-refractivity contribution in [2.24, 2.45) is 0 Å². The second-order valence-electron chi connectivity index (χ2n) is 6.62. The maximum absolute atomic E-state index is 11.9. The number of benzene rings is 1. The summed E-state index contributed by atoms with van der Waals surface area (Å²) in [5, 5.41) is 14.6. The lowest BCUT2D eigenvalue weighted by Gasteiger charge is -2.21. The van der Waals surface area contributed by atoms with E-state index in [0.717, 1.165) is 10.0 Å². The average Bonchev–Trinajstić information content (AvgIpc) is 2.49. The maximum atomic E-state index is 11.9. The van der Waals surface area contributed by atoms with Crippen molar-refractivity contribution in [3.63, 3.8) is 0 Å². The Kier molecular flexibility index (Phi) is 7.69. The van der Waals surface area contributed by atoms with E-state index in [1.807, 2.05) is 20.8 Å². The van der Waals surface area contributed by atoms with E-state index in [0.29, 0.717) is 18.0 Å². The zero-order chi connectivity index (χ0) is 19.2. The molecule has 25 heavy (non-hydrogen) atoms. The molecular weight excluding hydrogens is 392 g/mol. The van der Waals surface area contributed by atoms with E-state index < -0.39 is 12.0 Å². The van der Waals surface area contributed by atoms with Crippen LogP contribution in [-0.2, 0) is 16.1 Å². The van der Waals surface area contributed by atoms with Crippen LogP contribution in [0.2, 0.25) is 0 Å². The Morgan fingerprint density at radius 3 is 2.44 bits per heavy atom. The lowest BCUT2D eigenvalue weighted by molar-refractivity contribution is -0.139. The number of hydrogen-bond acceptors (Lipinski definition) is 5. The highest BCUT2D eigenvalue weighted by molar-refractivity contribution is 9.10. The van der Waals surface area contributed by atoms with Crippen LogP contribution in [-0.4, -0.2) is 42.3 Å². The van der Waals surface area contributed by atoms with E-state index in [-0.39, 0.29) is 18.1 Å². The van der Waals surface area contributed by atoms with Gasteiger partial charge in [-0.25, -0.2) is 0 Å². The number of ether oxygens (including phenoxy) is 2. The van der Waals surface area contributed by atoms with Crippen molar-refractivity contribution in [2.75, 3.05) is 13.7 Å². The summed E-state index contributed by atoms with van der Waals surface area (Å²) < 4.78 is 11.6. The number of halogens is 1. The van der Waals surface area contributed by atoms with E-state index >= 15 is 0 Å². The Hall–Kier alpha value is -1.80. The van der Waals surface area contributed by atoms with Gasteiger partial charge in [0.1, 0.15) is 6.04 Å². The molecule has 140 valence electrons. The summed E-state index contributed by atoms with van der Waals surface area (Å²) in [5.41, 5.74) is 0.484. The van der Waals surface area contributed by atoms with Crippen LogP contribution in [0.5, 0.6) is 11.5 Å². The minimum atomic E-state index is -0.923. The van der Waals surface area contributed by atoms with E-state index in [9.17, 15) is 9.59 Å². The summed E-state index contributed by atoms with van der Waals surface area (Å²) in [4.78, 5) is 22.7. The van der Waals surface area contributed by atoms with Gasteiger partial charge >= 0.3 is 5.97 Å². The van der Waals surface area contributed by atoms with Crippen molar-refractivity contribution >= 4 is 27.8 Å². The first-order valence-corrected chi connectivity index (χ1v) is 8.59. The van der Waals surface area contributed by atoms with Gasteiger partial charge in [-0.2, -0.15) is 0 Å². The SMILES string of the molecule is COc1cc(CNC(C)C(=O)O)c(Br)cc1OCC(=O)NC(C)(C)C. The number of nitrogens with one attached hydrogen (secondary N) is 2. The van der Waals surface area contributed by atoms with Gasteiger partial charge in [0.2, 0.25) is 0 Å².